The highest BCUT2D eigenvalue weighted by Gasteiger charge is 2.18. The average Bonchev–Trinajstić information content (AvgIpc) is 3.31. The minimum Gasteiger partial charge on any atom is -0.476 e. The summed E-state index contributed by atoms with van der Waals surface area (Å²) in [6, 6.07) is 22.3. The molecular weight excluding hydrogens is 465 g/mol. The Hall–Kier alpha value is -5.05. The van der Waals surface area contributed by atoms with E-state index >= 15 is 0 Å². The topological polar surface area (TPSA) is 115 Å². The maximum atomic E-state index is 13.2. The molecule has 9 heteroatoms. The number of aromatic carboxylic acids is 1. The average molecular weight is 483 g/mol. The van der Waals surface area contributed by atoms with E-state index in [0.717, 1.165) is 16.5 Å². The maximum absolute atomic E-state index is 13.2. The minimum atomic E-state index is -1.32. The van der Waals surface area contributed by atoms with E-state index in [1.807, 2.05) is 18.2 Å². The third-order valence-corrected chi connectivity index (χ3v) is 5.35. The van der Waals surface area contributed by atoms with Crippen LogP contribution in [0.1, 0.15) is 16.2 Å². The molecule has 0 aliphatic heterocycles. The van der Waals surface area contributed by atoms with Gasteiger partial charge in [-0.3, -0.25) is 5.32 Å². The van der Waals surface area contributed by atoms with Crippen molar-refractivity contribution in [1.29, 1.82) is 0 Å². The van der Waals surface area contributed by atoms with E-state index in [1.54, 1.807) is 48.5 Å². The fraction of sp³-hybridized carbons (Fsp3) is 0.0370. The molecule has 2 heterocycles. The van der Waals surface area contributed by atoms with Crippen LogP contribution in [0.5, 0.6) is 0 Å². The fourth-order valence-electron chi connectivity index (χ4n) is 3.64. The number of carbonyl (C=O) groups is 2. The number of ether oxygens (including phenoxy) is 1. The van der Waals surface area contributed by atoms with E-state index in [1.165, 1.54) is 18.3 Å². The zero-order valence-electron chi connectivity index (χ0n) is 18.6. The molecule has 2 aromatic heterocycles. The molecule has 0 spiro atoms. The largest absolute Gasteiger partial charge is 0.476 e. The van der Waals surface area contributed by atoms with Gasteiger partial charge in [0.1, 0.15) is 17.2 Å². The second-order valence-corrected chi connectivity index (χ2v) is 7.80. The lowest BCUT2D eigenvalue weighted by atomic mass is 10.0. The van der Waals surface area contributed by atoms with Crippen LogP contribution >= 0.6 is 0 Å². The number of furan rings is 1. The molecule has 178 valence electrons. The molecule has 5 rings (SSSR count). The molecular formula is C27H18FN3O5. The lowest BCUT2D eigenvalue weighted by Crippen LogP contribution is -2.17. The zero-order valence-corrected chi connectivity index (χ0v) is 18.6. The number of carboxylic acids is 1. The fourth-order valence-corrected chi connectivity index (χ4v) is 3.64. The summed E-state index contributed by atoms with van der Waals surface area (Å²) in [6.07, 6.45) is 0.333. The lowest BCUT2D eigenvalue weighted by Gasteiger charge is -2.09. The summed E-state index contributed by atoms with van der Waals surface area (Å²) in [5, 5.41) is 12.7. The highest BCUT2D eigenvalue weighted by molar-refractivity contribution is 5.97. The Morgan fingerprint density at radius 3 is 2.44 bits per heavy atom. The predicted molar refractivity (Wildman–Crippen MR) is 130 cm³/mol. The van der Waals surface area contributed by atoms with Gasteiger partial charge < -0.3 is 14.3 Å². The van der Waals surface area contributed by atoms with Crippen LogP contribution in [0.2, 0.25) is 0 Å². The van der Waals surface area contributed by atoms with Crippen LogP contribution in [0.25, 0.3) is 33.5 Å². The van der Waals surface area contributed by atoms with Crippen molar-refractivity contribution in [2.45, 2.75) is 6.61 Å². The first-order chi connectivity index (χ1) is 17.5. The number of anilines is 1. The molecule has 36 heavy (non-hydrogen) atoms. The van der Waals surface area contributed by atoms with Crippen molar-refractivity contribution in [3.63, 3.8) is 0 Å². The number of nitrogens with zero attached hydrogens (tertiary/aromatic N) is 2. The summed E-state index contributed by atoms with van der Waals surface area (Å²) in [7, 11) is 0. The molecule has 1 amide bonds. The highest BCUT2D eigenvalue weighted by atomic mass is 19.1. The van der Waals surface area contributed by atoms with E-state index in [4.69, 9.17) is 9.15 Å². The number of halogens is 1. The van der Waals surface area contributed by atoms with Crippen LogP contribution in [-0.2, 0) is 11.3 Å². The highest BCUT2D eigenvalue weighted by Crippen LogP contribution is 2.27. The Kier molecular flexibility index (Phi) is 6.10. The number of aromatic nitrogens is 2. The Balaban J connectivity index is 1.27. The summed E-state index contributed by atoms with van der Waals surface area (Å²) >= 11 is 0. The normalized spacial score (nSPS) is 10.8. The molecule has 0 saturated carbocycles. The van der Waals surface area contributed by atoms with Gasteiger partial charge in [-0.1, -0.05) is 48.5 Å². The van der Waals surface area contributed by atoms with Crippen LogP contribution in [0.15, 0.2) is 89.5 Å². The summed E-state index contributed by atoms with van der Waals surface area (Å²) in [5.41, 5.74) is 2.51. The minimum absolute atomic E-state index is 0.0965. The van der Waals surface area contributed by atoms with Gasteiger partial charge in [-0.25, -0.2) is 23.9 Å². The van der Waals surface area contributed by atoms with E-state index in [9.17, 15) is 19.1 Å². The number of amides is 1. The molecule has 3 aromatic carbocycles. The molecule has 2 N–H and O–H groups in total. The predicted octanol–water partition coefficient (Wildman–Crippen LogP) is 6.14. The zero-order chi connectivity index (χ0) is 25.1. The number of carbonyl (C=O) groups excluding carboxylic acids is 1. The van der Waals surface area contributed by atoms with Gasteiger partial charge in [-0.05, 0) is 41.5 Å². The Morgan fingerprint density at radius 2 is 1.69 bits per heavy atom. The van der Waals surface area contributed by atoms with Gasteiger partial charge in [0.05, 0.1) is 11.9 Å². The molecule has 0 atom stereocenters. The van der Waals surface area contributed by atoms with Gasteiger partial charge in [0, 0.05) is 10.9 Å². The van der Waals surface area contributed by atoms with E-state index < -0.39 is 12.1 Å². The second-order valence-electron chi connectivity index (χ2n) is 7.80. The first kappa shape index (κ1) is 22.7. The van der Waals surface area contributed by atoms with Crippen molar-refractivity contribution in [3.8, 4) is 22.5 Å². The van der Waals surface area contributed by atoms with E-state index in [2.05, 4.69) is 15.3 Å². The first-order valence-corrected chi connectivity index (χ1v) is 10.8. The standard InChI is InChI=1S/C27H18FN3O5/c28-20-9-6-16(7-10-20)18-8-11-23-19(12-18)13-21(36-23)15-35-27(34)30-22-14-29-25(31-24(22)26(32)33)17-4-2-1-3-5-17/h1-14H,15H2,(H,30,34)(H,32,33). The van der Waals surface area contributed by atoms with E-state index in [0.29, 0.717) is 16.9 Å². The molecule has 0 fully saturated rings. The van der Waals surface area contributed by atoms with Crippen LogP contribution in [0.4, 0.5) is 14.9 Å². The van der Waals surface area contributed by atoms with Crippen molar-refractivity contribution in [2.75, 3.05) is 5.32 Å². The number of hydrogen-bond acceptors (Lipinski definition) is 6. The van der Waals surface area contributed by atoms with Crippen molar-refractivity contribution in [2.24, 2.45) is 0 Å². The van der Waals surface area contributed by atoms with Gasteiger partial charge in [-0.15, -0.1) is 0 Å². The summed E-state index contributed by atoms with van der Waals surface area (Å²) < 4.78 is 24.1. The molecule has 0 bridgehead atoms. The maximum Gasteiger partial charge on any atom is 0.412 e. The summed E-state index contributed by atoms with van der Waals surface area (Å²) in [5.74, 6) is -1.02. The Labute approximate surface area is 204 Å². The molecule has 5 aromatic rings. The van der Waals surface area contributed by atoms with Crippen molar-refractivity contribution in [1.82, 2.24) is 9.97 Å². The van der Waals surface area contributed by atoms with Gasteiger partial charge in [0.25, 0.3) is 0 Å². The van der Waals surface area contributed by atoms with Crippen LogP contribution in [-0.4, -0.2) is 27.1 Å². The lowest BCUT2D eigenvalue weighted by molar-refractivity contribution is 0.0691. The quantitative estimate of drug-likeness (QED) is 0.298. The number of benzene rings is 3. The number of nitrogens with one attached hydrogen (secondary N) is 1. The number of rotatable bonds is 6. The number of fused-ring (bicyclic) bond motifs is 1. The number of hydrogen-bond donors (Lipinski definition) is 2. The van der Waals surface area contributed by atoms with Crippen molar-refractivity contribution < 1.29 is 28.2 Å². The first-order valence-electron chi connectivity index (χ1n) is 10.8. The monoisotopic (exact) mass is 483 g/mol. The van der Waals surface area contributed by atoms with Gasteiger partial charge in [-0.2, -0.15) is 0 Å². The third-order valence-electron chi connectivity index (χ3n) is 5.35. The molecule has 0 aliphatic carbocycles. The van der Waals surface area contributed by atoms with Gasteiger partial charge >= 0.3 is 12.1 Å². The summed E-state index contributed by atoms with van der Waals surface area (Å²) in [4.78, 5) is 32.2. The van der Waals surface area contributed by atoms with Crippen LogP contribution < -0.4 is 5.32 Å². The molecule has 0 radical (unpaired) electrons. The van der Waals surface area contributed by atoms with Crippen molar-refractivity contribution >= 4 is 28.7 Å². The molecule has 8 nitrogen and oxygen atoms in total. The van der Waals surface area contributed by atoms with Gasteiger partial charge in [0.2, 0.25) is 0 Å². The van der Waals surface area contributed by atoms with Crippen LogP contribution in [0.3, 0.4) is 0 Å². The Bertz CT molecular complexity index is 1570. The smallest absolute Gasteiger partial charge is 0.412 e. The van der Waals surface area contributed by atoms with Crippen LogP contribution in [0, 0.1) is 5.82 Å². The molecule has 0 unspecified atom stereocenters. The van der Waals surface area contributed by atoms with Crippen molar-refractivity contribution in [3.05, 3.63) is 102 Å². The van der Waals surface area contributed by atoms with Gasteiger partial charge in [0.15, 0.2) is 18.1 Å². The third kappa shape index (κ3) is 4.90. The summed E-state index contributed by atoms with van der Waals surface area (Å²) in [6.45, 7) is -0.183. The SMILES string of the molecule is O=C(Nc1cnc(-c2ccccc2)nc1C(=O)O)OCc1cc2cc(-c3ccc(F)cc3)ccc2o1. The molecule has 0 aliphatic rings. The Morgan fingerprint density at radius 1 is 0.944 bits per heavy atom. The number of carboxylic acid groups (broad SMARTS) is 1. The van der Waals surface area contributed by atoms with E-state index in [-0.39, 0.29) is 29.6 Å². The molecule has 0 saturated heterocycles. The second kappa shape index (κ2) is 9.67.